The maximum absolute atomic E-state index is 13.9. The third-order valence-electron chi connectivity index (χ3n) is 9.11. The smallest absolute Gasteiger partial charge is 0.270 e. The number of carbonyl (C=O) groups is 2. The largest absolute Gasteiger partial charge is 0.360 e. The molecule has 9 nitrogen and oxygen atoms in total. The molecule has 1 aromatic carbocycles. The van der Waals surface area contributed by atoms with E-state index in [1.165, 1.54) is 0 Å². The normalized spacial score (nSPS) is 16.1. The molecule has 2 heterocycles. The van der Waals surface area contributed by atoms with Gasteiger partial charge in [0.05, 0.1) is 5.69 Å². The van der Waals surface area contributed by atoms with Gasteiger partial charge in [0, 0.05) is 43.9 Å². The van der Waals surface area contributed by atoms with Gasteiger partial charge in [0.2, 0.25) is 5.91 Å². The number of hydrogen-bond acceptors (Lipinski definition) is 5. The molecular formula is C35H52N6O3Si. The third-order valence-corrected chi connectivity index (χ3v) is 10.8. The molecule has 2 aliphatic carbocycles. The van der Waals surface area contributed by atoms with Crippen LogP contribution in [0.2, 0.25) is 25.7 Å². The van der Waals surface area contributed by atoms with Gasteiger partial charge in [-0.3, -0.25) is 14.3 Å². The summed E-state index contributed by atoms with van der Waals surface area (Å²) in [6.07, 6.45) is 6.12. The van der Waals surface area contributed by atoms with Crippen LogP contribution in [-0.4, -0.2) is 52.1 Å². The molecule has 0 aliphatic heterocycles. The van der Waals surface area contributed by atoms with E-state index in [2.05, 4.69) is 68.3 Å². The number of rotatable bonds is 15. The minimum atomic E-state index is -1.16. The molecule has 10 heteroatoms. The van der Waals surface area contributed by atoms with E-state index < -0.39 is 14.1 Å². The number of benzene rings is 1. The van der Waals surface area contributed by atoms with Crippen molar-refractivity contribution in [1.82, 2.24) is 24.9 Å². The molecule has 1 unspecified atom stereocenters. The van der Waals surface area contributed by atoms with E-state index >= 15 is 0 Å². The van der Waals surface area contributed by atoms with E-state index in [1.807, 2.05) is 30.7 Å². The predicted molar refractivity (Wildman–Crippen MR) is 182 cm³/mol. The number of ether oxygens (including phenoxy) is 1. The summed E-state index contributed by atoms with van der Waals surface area (Å²) in [5.41, 5.74) is 5.48. The molecule has 0 spiro atoms. The van der Waals surface area contributed by atoms with Crippen molar-refractivity contribution in [3.63, 3.8) is 0 Å². The van der Waals surface area contributed by atoms with Crippen molar-refractivity contribution in [2.45, 2.75) is 111 Å². The van der Waals surface area contributed by atoms with Gasteiger partial charge in [0.15, 0.2) is 0 Å². The Morgan fingerprint density at radius 3 is 2.20 bits per heavy atom. The minimum absolute atomic E-state index is 0.0450. The number of hydrogen-bond donors (Lipinski definition) is 2. The molecule has 0 radical (unpaired) electrons. The van der Waals surface area contributed by atoms with E-state index in [1.54, 1.807) is 16.9 Å². The molecular weight excluding hydrogens is 581 g/mol. The Morgan fingerprint density at radius 2 is 1.64 bits per heavy atom. The van der Waals surface area contributed by atoms with Crippen molar-refractivity contribution in [2.24, 2.45) is 17.8 Å². The Labute approximate surface area is 269 Å². The number of aromatic nitrogens is 4. The lowest BCUT2D eigenvalue weighted by Crippen LogP contribution is -2.50. The van der Waals surface area contributed by atoms with Crippen LogP contribution in [0.5, 0.6) is 0 Å². The van der Waals surface area contributed by atoms with Crippen LogP contribution in [0.4, 0.5) is 5.69 Å². The van der Waals surface area contributed by atoms with Gasteiger partial charge in [-0.15, -0.1) is 0 Å². The maximum atomic E-state index is 13.9. The lowest BCUT2D eigenvalue weighted by Gasteiger charge is -2.28. The van der Waals surface area contributed by atoms with Crippen molar-refractivity contribution in [1.29, 1.82) is 0 Å². The fourth-order valence-corrected chi connectivity index (χ4v) is 7.03. The van der Waals surface area contributed by atoms with Gasteiger partial charge in [-0.2, -0.15) is 10.2 Å². The fourth-order valence-electron chi connectivity index (χ4n) is 6.27. The summed E-state index contributed by atoms with van der Waals surface area (Å²) in [5.74, 6) is 0.969. The van der Waals surface area contributed by atoms with Crippen LogP contribution in [0.15, 0.2) is 36.5 Å². The second-order valence-electron chi connectivity index (χ2n) is 14.9. The summed E-state index contributed by atoms with van der Waals surface area (Å²) in [4.78, 5) is 27.4. The first kappa shape index (κ1) is 33.1. The zero-order valence-corrected chi connectivity index (χ0v) is 29.4. The first-order chi connectivity index (χ1) is 21.3. The quantitative estimate of drug-likeness (QED) is 0.136. The van der Waals surface area contributed by atoms with Crippen LogP contribution in [0.1, 0.15) is 87.2 Å². The molecule has 2 amide bonds. The van der Waals surface area contributed by atoms with Gasteiger partial charge in [0.1, 0.15) is 18.5 Å². The second kappa shape index (κ2) is 13.6. The number of carbonyl (C=O) groups excluding carboxylic acids is 2. The topological polar surface area (TPSA) is 103 Å². The van der Waals surface area contributed by atoms with Gasteiger partial charge in [-0.05, 0) is 99.9 Å². The summed E-state index contributed by atoms with van der Waals surface area (Å²) >= 11 is 0. The summed E-state index contributed by atoms with van der Waals surface area (Å²) < 4.78 is 9.71. The van der Waals surface area contributed by atoms with Crippen molar-refractivity contribution in [3.05, 3.63) is 53.6 Å². The highest BCUT2D eigenvalue weighted by atomic mass is 28.3. The lowest BCUT2D eigenvalue weighted by atomic mass is 9.88. The second-order valence-corrected chi connectivity index (χ2v) is 20.5. The van der Waals surface area contributed by atoms with Crippen molar-refractivity contribution in [2.75, 3.05) is 11.9 Å². The summed E-state index contributed by atoms with van der Waals surface area (Å²) in [7, 11) is -1.16. The molecule has 244 valence electrons. The molecule has 5 rings (SSSR count). The Balaban J connectivity index is 1.32. The molecule has 1 atom stereocenters. The van der Waals surface area contributed by atoms with E-state index in [0.29, 0.717) is 29.9 Å². The molecule has 0 saturated heterocycles. The van der Waals surface area contributed by atoms with Crippen molar-refractivity contribution >= 4 is 25.6 Å². The highest BCUT2D eigenvalue weighted by Crippen LogP contribution is 2.51. The first-order valence-electron chi connectivity index (χ1n) is 16.7. The fraction of sp³-hybridized carbons (Fsp3) is 0.600. The van der Waals surface area contributed by atoms with Gasteiger partial charge < -0.3 is 15.4 Å². The predicted octanol–water partition coefficient (Wildman–Crippen LogP) is 7.24. The van der Waals surface area contributed by atoms with Gasteiger partial charge in [-0.25, -0.2) is 4.68 Å². The van der Waals surface area contributed by atoms with Crippen LogP contribution < -0.4 is 10.6 Å². The molecule has 2 aliphatic rings. The van der Waals surface area contributed by atoms with Crippen molar-refractivity contribution in [3.8, 4) is 11.1 Å². The molecule has 3 aromatic rings. The monoisotopic (exact) mass is 632 g/mol. The SMILES string of the molecule is Cc1c(-c2ccc(NC(=O)C(NC(=O)c3ccnn3C(C)C)C(C3CC3)C3CC3)cc2)c(C(C)C)nn1COCC[Si](C)(C)C. The van der Waals surface area contributed by atoms with E-state index in [-0.39, 0.29) is 29.7 Å². The van der Waals surface area contributed by atoms with Crippen LogP contribution in [0.25, 0.3) is 11.1 Å². The van der Waals surface area contributed by atoms with Gasteiger partial charge in [0.25, 0.3) is 5.91 Å². The lowest BCUT2D eigenvalue weighted by molar-refractivity contribution is -0.119. The molecule has 2 aromatic heterocycles. The summed E-state index contributed by atoms with van der Waals surface area (Å²) in [6, 6.07) is 10.3. The molecule has 2 fully saturated rings. The summed E-state index contributed by atoms with van der Waals surface area (Å²) in [5, 5.41) is 15.5. The van der Waals surface area contributed by atoms with Crippen LogP contribution in [0, 0.1) is 24.7 Å². The van der Waals surface area contributed by atoms with E-state index in [4.69, 9.17) is 9.84 Å². The average molecular weight is 633 g/mol. The Bertz CT molecular complexity index is 1470. The standard InChI is InChI=1S/C35H52N6O3Si/c1-22(2)32-30(24(5)40(39-32)21-44-19-20-45(6,7)8)25-13-15-28(16-14-25)37-35(43)33(31(26-9-10-26)27-11-12-27)38-34(42)29-17-18-36-41(29)23(3)4/h13-18,22-23,26-27,31,33H,9-12,19-21H2,1-8H3,(H,37,43)(H,38,42). The van der Waals surface area contributed by atoms with E-state index in [0.717, 1.165) is 60.8 Å². The third kappa shape index (κ3) is 8.13. The molecule has 0 bridgehead atoms. The molecule has 2 N–H and O–H groups in total. The highest BCUT2D eigenvalue weighted by Gasteiger charge is 2.48. The highest BCUT2D eigenvalue weighted by molar-refractivity contribution is 6.76. The number of nitrogens with zero attached hydrogens (tertiary/aromatic N) is 4. The first-order valence-corrected chi connectivity index (χ1v) is 20.5. The zero-order chi connectivity index (χ0) is 32.5. The van der Waals surface area contributed by atoms with Crippen LogP contribution in [0.3, 0.4) is 0 Å². The number of anilines is 1. The van der Waals surface area contributed by atoms with E-state index in [9.17, 15) is 9.59 Å². The van der Waals surface area contributed by atoms with Gasteiger partial charge in [-0.1, -0.05) is 45.6 Å². The Hall–Kier alpha value is -3.24. The molecule has 2 saturated carbocycles. The Morgan fingerprint density at radius 1 is 1.00 bits per heavy atom. The number of nitrogens with one attached hydrogen (secondary N) is 2. The molecule has 45 heavy (non-hydrogen) atoms. The average Bonchev–Trinajstić information content (AvgIpc) is 3.91. The van der Waals surface area contributed by atoms with Crippen LogP contribution >= 0.6 is 0 Å². The zero-order valence-electron chi connectivity index (χ0n) is 28.4. The number of amides is 2. The maximum Gasteiger partial charge on any atom is 0.270 e. The van der Waals surface area contributed by atoms with Crippen LogP contribution in [-0.2, 0) is 16.3 Å². The van der Waals surface area contributed by atoms with Gasteiger partial charge >= 0.3 is 0 Å². The summed E-state index contributed by atoms with van der Waals surface area (Å²) in [6.45, 7) is 18.7. The Kier molecular flexibility index (Phi) is 10.0. The van der Waals surface area contributed by atoms with Crippen molar-refractivity contribution < 1.29 is 14.3 Å². The minimum Gasteiger partial charge on any atom is -0.360 e.